The van der Waals surface area contributed by atoms with Crippen LogP contribution in [0.4, 0.5) is 29.5 Å². The van der Waals surface area contributed by atoms with Crippen molar-refractivity contribution < 1.29 is 23.1 Å². The van der Waals surface area contributed by atoms with Crippen molar-refractivity contribution in [2.75, 3.05) is 23.3 Å². The highest BCUT2D eigenvalue weighted by atomic mass is 19.4. The van der Waals surface area contributed by atoms with E-state index in [-0.39, 0.29) is 40.6 Å². The Morgan fingerprint density at radius 3 is 2.40 bits per heavy atom. The second kappa shape index (κ2) is 10.6. The minimum absolute atomic E-state index is 0.0424. The third-order valence-electron chi connectivity index (χ3n) is 8.44. The quantitative estimate of drug-likeness (QED) is 0.395. The van der Waals surface area contributed by atoms with Gasteiger partial charge >= 0.3 is 12.3 Å². The second-order valence-corrected chi connectivity index (χ2v) is 12.6. The average molecular weight is 603 g/mol. The first-order valence-electron chi connectivity index (χ1n) is 14.4. The van der Waals surface area contributed by atoms with E-state index in [9.17, 15) is 32.7 Å². The summed E-state index contributed by atoms with van der Waals surface area (Å²) >= 11 is 0. The molecule has 10 nitrogen and oxygen atoms in total. The van der Waals surface area contributed by atoms with E-state index in [4.69, 9.17) is 0 Å². The zero-order valence-electron chi connectivity index (χ0n) is 25.1. The number of carbonyl (C=O) groups is 1. The molecule has 1 aliphatic heterocycles. The highest BCUT2D eigenvalue weighted by molar-refractivity contribution is 5.99. The van der Waals surface area contributed by atoms with E-state index in [0.717, 1.165) is 23.6 Å². The van der Waals surface area contributed by atoms with E-state index in [1.807, 2.05) is 20.8 Å². The molecule has 0 spiro atoms. The van der Waals surface area contributed by atoms with Gasteiger partial charge in [-0.15, -0.1) is 0 Å². The number of halogens is 3. The van der Waals surface area contributed by atoms with Crippen molar-refractivity contribution in [3.63, 3.8) is 0 Å². The molecule has 1 amide bonds. The molecule has 2 atom stereocenters. The van der Waals surface area contributed by atoms with Crippen molar-refractivity contribution in [3.8, 4) is 0 Å². The predicted molar refractivity (Wildman–Crippen MR) is 158 cm³/mol. The second-order valence-electron chi connectivity index (χ2n) is 12.6. The van der Waals surface area contributed by atoms with Crippen molar-refractivity contribution in [2.45, 2.75) is 83.7 Å². The molecule has 43 heavy (non-hydrogen) atoms. The number of aromatic nitrogens is 3. The van der Waals surface area contributed by atoms with Gasteiger partial charge in [-0.1, -0.05) is 12.1 Å². The summed E-state index contributed by atoms with van der Waals surface area (Å²) in [5, 5.41) is 18.1. The number of nitrogens with zero attached hydrogens (tertiary/aromatic N) is 5. The van der Waals surface area contributed by atoms with Crippen LogP contribution >= 0.6 is 0 Å². The van der Waals surface area contributed by atoms with Crippen LogP contribution in [0.15, 0.2) is 34.0 Å². The zero-order chi connectivity index (χ0) is 31.6. The maximum absolute atomic E-state index is 13.9. The molecule has 1 unspecified atom stereocenters. The van der Waals surface area contributed by atoms with E-state index in [1.54, 1.807) is 28.7 Å². The summed E-state index contributed by atoms with van der Waals surface area (Å²) < 4.78 is 43.6. The summed E-state index contributed by atoms with van der Waals surface area (Å²) in [6, 6.07) is 2.97. The molecule has 1 saturated heterocycles. The molecule has 1 aliphatic carbocycles. The van der Waals surface area contributed by atoms with Gasteiger partial charge in [-0.3, -0.25) is 14.5 Å². The van der Waals surface area contributed by atoms with Gasteiger partial charge in [0.1, 0.15) is 5.69 Å². The Morgan fingerprint density at radius 1 is 1.14 bits per heavy atom. The van der Waals surface area contributed by atoms with Crippen LogP contribution in [0.25, 0.3) is 10.8 Å². The summed E-state index contributed by atoms with van der Waals surface area (Å²) in [6.07, 6.45) is -1.87. The summed E-state index contributed by atoms with van der Waals surface area (Å²) in [5.41, 5.74) is -1.51. The number of alkyl halides is 3. The van der Waals surface area contributed by atoms with Gasteiger partial charge in [0.05, 0.1) is 28.4 Å². The van der Waals surface area contributed by atoms with Crippen molar-refractivity contribution in [1.29, 1.82) is 0 Å². The molecule has 1 saturated carbocycles. The Hall–Kier alpha value is -4.03. The predicted octanol–water partition coefficient (Wildman–Crippen LogP) is 5.29. The third-order valence-corrected chi connectivity index (χ3v) is 8.44. The normalized spacial score (nSPS) is 18.3. The summed E-state index contributed by atoms with van der Waals surface area (Å²) in [4.78, 5) is 42.9. The molecular weight excluding hydrogens is 565 g/mol. The number of aryl methyl sites for hydroxylation is 1. The molecule has 0 radical (unpaired) electrons. The number of fused-ring (bicyclic) bond motifs is 1. The Labute approximate surface area is 246 Å². The summed E-state index contributed by atoms with van der Waals surface area (Å²) in [7, 11) is 1.46. The first-order valence-corrected chi connectivity index (χ1v) is 14.4. The maximum atomic E-state index is 13.9. The van der Waals surface area contributed by atoms with Crippen molar-refractivity contribution in [2.24, 2.45) is 7.05 Å². The highest BCUT2D eigenvalue weighted by Gasteiger charge is 2.39. The van der Waals surface area contributed by atoms with Gasteiger partial charge in [-0.25, -0.2) is 9.48 Å². The van der Waals surface area contributed by atoms with Crippen LogP contribution in [0.2, 0.25) is 0 Å². The van der Waals surface area contributed by atoms with Gasteiger partial charge in [0, 0.05) is 37.9 Å². The molecule has 3 heterocycles. The number of carboxylic acid groups (broad SMARTS) is 1. The third kappa shape index (κ3) is 5.56. The first kappa shape index (κ1) is 30.4. The van der Waals surface area contributed by atoms with E-state index in [2.05, 4.69) is 10.4 Å². The molecule has 2 N–H and O–H groups in total. The number of benzene rings is 1. The zero-order valence-corrected chi connectivity index (χ0v) is 25.1. The SMILES string of the molecule is Cc1c([C@@H](C)Nc2nn(C)c(=O)c3c(N4CCC(N(C(=O)O)C(C)(C)C)C4)c(=O)n(C4CC4)cc23)cccc1C(F)(F)F. The van der Waals surface area contributed by atoms with E-state index in [1.165, 1.54) is 24.9 Å². The lowest BCUT2D eigenvalue weighted by atomic mass is 9.97. The Morgan fingerprint density at radius 2 is 1.81 bits per heavy atom. The van der Waals surface area contributed by atoms with E-state index in [0.29, 0.717) is 23.9 Å². The number of hydrogen-bond donors (Lipinski definition) is 2. The molecule has 3 aromatic rings. The van der Waals surface area contributed by atoms with Gasteiger partial charge in [-0.05, 0) is 71.1 Å². The number of pyridine rings is 1. The van der Waals surface area contributed by atoms with E-state index >= 15 is 0 Å². The van der Waals surface area contributed by atoms with Crippen molar-refractivity contribution in [3.05, 3.63) is 61.8 Å². The molecule has 0 bridgehead atoms. The fourth-order valence-corrected chi connectivity index (χ4v) is 6.31. The number of nitrogens with one attached hydrogen (secondary N) is 1. The average Bonchev–Trinajstić information content (AvgIpc) is 3.63. The maximum Gasteiger partial charge on any atom is 0.416 e. The molecule has 5 rings (SSSR count). The Kier molecular flexibility index (Phi) is 7.50. The molecule has 2 fully saturated rings. The van der Waals surface area contributed by atoms with Gasteiger partial charge in [0.2, 0.25) is 0 Å². The topological polar surface area (TPSA) is 113 Å². The largest absolute Gasteiger partial charge is 0.465 e. The molecule has 2 aliphatic rings. The standard InChI is InChI=1S/C30H37F3N6O4/c1-16-20(8-7-9-22(16)30(31,32)33)17(2)34-25-21-15-38(18-10-11-18)27(41)24(23(21)26(40)36(6)35-25)37-13-12-19(14-37)39(28(42)43)29(3,4)5/h7-9,15,17-19H,10-14H2,1-6H3,(H,34,35)(H,42,43)/t17-,19?/m1/s1. The summed E-state index contributed by atoms with van der Waals surface area (Å²) in [5.74, 6) is 0.259. The van der Waals surface area contributed by atoms with Crippen LogP contribution in [0.3, 0.4) is 0 Å². The minimum Gasteiger partial charge on any atom is -0.465 e. The minimum atomic E-state index is -4.51. The van der Waals surface area contributed by atoms with Gasteiger partial charge in [0.15, 0.2) is 5.82 Å². The number of rotatable bonds is 6. The monoisotopic (exact) mass is 602 g/mol. The lowest BCUT2D eigenvalue weighted by Crippen LogP contribution is -2.52. The van der Waals surface area contributed by atoms with Crippen LogP contribution in [0.1, 0.15) is 75.7 Å². The molecule has 13 heteroatoms. The van der Waals surface area contributed by atoms with Gasteiger partial charge in [-0.2, -0.15) is 18.3 Å². The molecule has 232 valence electrons. The lowest BCUT2D eigenvalue weighted by molar-refractivity contribution is -0.138. The van der Waals surface area contributed by atoms with Crippen LogP contribution in [0.5, 0.6) is 0 Å². The molecule has 2 aromatic heterocycles. The van der Waals surface area contributed by atoms with Crippen LogP contribution in [-0.2, 0) is 13.2 Å². The molecule has 1 aromatic carbocycles. The Bertz CT molecular complexity index is 1700. The van der Waals surface area contributed by atoms with Gasteiger partial charge in [0.25, 0.3) is 11.1 Å². The van der Waals surface area contributed by atoms with Crippen LogP contribution < -0.4 is 21.3 Å². The number of hydrogen-bond acceptors (Lipinski definition) is 6. The number of anilines is 2. The molecular formula is C30H37F3N6O4. The van der Waals surface area contributed by atoms with Crippen molar-refractivity contribution >= 4 is 28.4 Å². The first-order chi connectivity index (χ1) is 20.0. The van der Waals surface area contributed by atoms with Crippen molar-refractivity contribution in [1.82, 2.24) is 19.2 Å². The fourth-order valence-electron chi connectivity index (χ4n) is 6.31. The van der Waals surface area contributed by atoms with Crippen LogP contribution in [0, 0.1) is 6.92 Å². The lowest BCUT2D eigenvalue weighted by Gasteiger charge is -2.38. The smallest absolute Gasteiger partial charge is 0.416 e. The van der Waals surface area contributed by atoms with E-state index < -0.39 is 41.0 Å². The number of amides is 1. The van der Waals surface area contributed by atoms with Gasteiger partial charge < -0.3 is 19.9 Å². The van der Waals surface area contributed by atoms with Crippen LogP contribution in [-0.4, -0.2) is 55.1 Å². The fraction of sp³-hybridized carbons (Fsp3) is 0.533. The highest BCUT2D eigenvalue weighted by Crippen LogP contribution is 2.39. The Balaban J connectivity index is 1.63. The summed E-state index contributed by atoms with van der Waals surface area (Å²) in [6.45, 7) is 9.19.